The Kier molecular flexibility index (Phi) is 5.16. The van der Waals surface area contributed by atoms with Crippen LogP contribution in [0.4, 0.5) is 5.82 Å². The molecule has 0 aromatic carbocycles. The van der Waals surface area contributed by atoms with Crippen molar-refractivity contribution in [1.82, 2.24) is 15.3 Å². The van der Waals surface area contributed by atoms with Crippen molar-refractivity contribution in [3.63, 3.8) is 0 Å². The quantitative estimate of drug-likeness (QED) is 0.662. The van der Waals surface area contributed by atoms with Gasteiger partial charge in [-0.1, -0.05) is 13.8 Å². The molecular formula is C11H18N4O3. The second-order valence-electron chi connectivity index (χ2n) is 4.16. The number of H-pyrrole nitrogens is 1. The average Bonchev–Trinajstić information content (AvgIpc) is 2.33. The van der Waals surface area contributed by atoms with Crippen molar-refractivity contribution in [2.24, 2.45) is 5.92 Å². The molecule has 0 radical (unpaired) electrons. The first-order chi connectivity index (χ1) is 8.54. The monoisotopic (exact) mass is 254 g/mol. The number of carbonyl (C=O) groups is 1. The van der Waals surface area contributed by atoms with Crippen molar-refractivity contribution in [3.8, 4) is 5.75 Å². The number of rotatable bonds is 6. The first kappa shape index (κ1) is 14.0. The normalized spacial score (nSPS) is 10.2. The van der Waals surface area contributed by atoms with Gasteiger partial charge in [0, 0.05) is 6.54 Å². The summed E-state index contributed by atoms with van der Waals surface area (Å²) >= 11 is 0. The first-order valence-electron chi connectivity index (χ1n) is 5.66. The molecule has 0 unspecified atom stereocenters. The van der Waals surface area contributed by atoms with E-state index in [1.807, 2.05) is 13.8 Å². The molecule has 1 heterocycles. The molecule has 1 aromatic heterocycles. The van der Waals surface area contributed by atoms with E-state index in [1.165, 1.54) is 13.4 Å². The number of nitrogens with zero attached hydrogens (tertiary/aromatic N) is 1. The Hall–Kier alpha value is -2.05. The molecule has 7 nitrogen and oxygen atoms in total. The van der Waals surface area contributed by atoms with Crippen LogP contribution in [0.3, 0.4) is 0 Å². The maximum atomic E-state index is 11.5. The lowest BCUT2D eigenvalue weighted by Crippen LogP contribution is -2.33. The fourth-order valence-corrected chi connectivity index (χ4v) is 1.25. The topological polar surface area (TPSA) is 96.1 Å². The molecule has 100 valence electrons. The van der Waals surface area contributed by atoms with E-state index in [9.17, 15) is 9.59 Å². The molecule has 0 saturated carbocycles. The fraction of sp³-hybridized carbons (Fsp3) is 0.545. The van der Waals surface area contributed by atoms with E-state index in [0.29, 0.717) is 12.5 Å². The number of methoxy groups -OCH3 is 1. The zero-order chi connectivity index (χ0) is 13.5. The third-order valence-electron chi connectivity index (χ3n) is 2.14. The number of aromatic amines is 1. The van der Waals surface area contributed by atoms with Gasteiger partial charge >= 0.3 is 0 Å². The van der Waals surface area contributed by atoms with Gasteiger partial charge in [0.2, 0.25) is 11.7 Å². The van der Waals surface area contributed by atoms with E-state index < -0.39 is 5.56 Å². The summed E-state index contributed by atoms with van der Waals surface area (Å²) in [5.41, 5.74) is -0.391. The number of hydrogen-bond acceptors (Lipinski definition) is 5. The average molecular weight is 254 g/mol. The number of ether oxygens (including phenoxy) is 1. The molecule has 1 amide bonds. The highest BCUT2D eigenvalue weighted by molar-refractivity contribution is 5.80. The molecule has 7 heteroatoms. The van der Waals surface area contributed by atoms with Crippen molar-refractivity contribution in [1.29, 1.82) is 0 Å². The smallest absolute Gasteiger partial charge is 0.295 e. The second-order valence-corrected chi connectivity index (χ2v) is 4.16. The highest BCUT2D eigenvalue weighted by atomic mass is 16.5. The minimum absolute atomic E-state index is 0.0412. The Labute approximate surface area is 105 Å². The third-order valence-corrected chi connectivity index (χ3v) is 2.14. The molecule has 0 atom stereocenters. The molecular weight excluding hydrogens is 236 g/mol. The predicted octanol–water partition coefficient (Wildman–Crippen LogP) is -0.0374. The summed E-state index contributed by atoms with van der Waals surface area (Å²) in [6.45, 7) is 4.67. The van der Waals surface area contributed by atoms with Crippen molar-refractivity contribution < 1.29 is 9.53 Å². The molecule has 1 rings (SSSR count). The van der Waals surface area contributed by atoms with Gasteiger partial charge < -0.3 is 20.4 Å². The Morgan fingerprint density at radius 2 is 2.28 bits per heavy atom. The maximum Gasteiger partial charge on any atom is 0.295 e. The fourth-order valence-electron chi connectivity index (χ4n) is 1.25. The maximum absolute atomic E-state index is 11.5. The molecule has 0 bridgehead atoms. The predicted molar refractivity (Wildman–Crippen MR) is 67.7 cm³/mol. The Morgan fingerprint density at radius 1 is 1.56 bits per heavy atom. The van der Waals surface area contributed by atoms with Crippen molar-refractivity contribution >= 4 is 11.7 Å². The minimum Gasteiger partial charge on any atom is -0.489 e. The number of amides is 1. The molecule has 18 heavy (non-hydrogen) atoms. The lowest BCUT2D eigenvalue weighted by atomic mass is 10.2. The molecule has 0 spiro atoms. The summed E-state index contributed by atoms with van der Waals surface area (Å²) in [4.78, 5) is 29.1. The summed E-state index contributed by atoms with van der Waals surface area (Å²) in [5, 5.41) is 5.51. The summed E-state index contributed by atoms with van der Waals surface area (Å²) in [6, 6.07) is 0. The lowest BCUT2D eigenvalue weighted by molar-refractivity contribution is -0.119. The first-order valence-corrected chi connectivity index (χ1v) is 5.66. The van der Waals surface area contributed by atoms with E-state index in [4.69, 9.17) is 4.74 Å². The second kappa shape index (κ2) is 6.63. The Morgan fingerprint density at radius 3 is 2.89 bits per heavy atom. The van der Waals surface area contributed by atoms with Gasteiger partial charge in [-0.15, -0.1) is 0 Å². The number of anilines is 1. The van der Waals surface area contributed by atoms with Crippen LogP contribution in [0.2, 0.25) is 0 Å². The SMILES string of the molecule is COc1c(NCC(=O)NCC(C)C)nc[nH]c1=O. The molecule has 0 aliphatic rings. The van der Waals surface area contributed by atoms with Gasteiger partial charge in [-0.3, -0.25) is 9.59 Å². The molecule has 0 aliphatic heterocycles. The molecule has 0 fully saturated rings. The van der Waals surface area contributed by atoms with Gasteiger partial charge in [0.15, 0.2) is 5.82 Å². The summed E-state index contributed by atoms with van der Waals surface area (Å²) in [7, 11) is 1.37. The van der Waals surface area contributed by atoms with E-state index in [2.05, 4.69) is 20.6 Å². The van der Waals surface area contributed by atoms with Gasteiger partial charge in [-0.25, -0.2) is 4.98 Å². The summed E-state index contributed by atoms with van der Waals surface area (Å²) in [5.74, 6) is 0.545. The zero-order valence-electron chi connectivity index (χ0n) is 10.7. The number of aromatic nitrogens is 2. The van der Waals surface area contributed by atoms with Crippen LogP contribution >= 0.6 is 0 Å². The highest BCUT2D eigenvalue weighted by Crippen LogP contribution is 2.13. The molecule has 0 aliphatic carbocycles. The van der Waals surface area contributed by atoms with E-state index in [-0.39, 0.29) is 24.0 Å². The largest absolute Gasteiger partial charge is 0.489 e. The minimum atomic E-state index is -0.391. The van der Waals surface area contributed by atoms with Gasteiger partial charge in [0.05, 0.1) is 20.0 Å². The zero-order valence-corrected chi connectivity index (χ0v) is 10.7. The van der Waals surface area contributed by atoms with Gasteiger partial charge in [-0.2, -0.15) is 0 Å². The van der Waals surface area contributed by atoms with Crippen molar-refractivity contribution in [2.45, 2.75) is 13.8 Å². The van der Waals surface area contributed by atoms with Crippen LogP contribution in [0.1, 0.15) is 13.8 Å². The third kappa shape index (κ3) is 4.08. The van der Waals surface area contributed by atoms with Crippen LogP contribution in [0.15, 0.2) is 11.1 Å². The van der Waals surface area contributed by atoms with Gasteiger partial charge in [0.25, 0.3) is 5.56 Å². The van der Waals surface area contributed by atoms with Crippen molar-refractivity contribution in [3.05, 3.63) is 16.7 Å². The van der Waals surface area contributed by atoms with Crippen LogP contribution in [0.5, 0.6) is 5.75 Å². The number of hydrogen-bond donors (Lipinski definition) is 3. The van der Waals surface area contributed by atoms with Gasteiger partial charge in [0.1, 0.15) is 0 Å². The van der Waals surface area contributed by atoms with Crippen LogP contribution in [0.25, 0.3) is 0 Å². The molecule has 1 aromatic rings. The van der Waals surface area contributed by atoms with E-state index in [1.54, 1.807) is 0 Å². The molecule has 0 saturated heterocycles. The van der Waals surface area contributed by atoms with Crippen molar-refractivity contribution in [2.75, 3.05) is 25.5 Å². The Bertz CT molecular complexity index is 456. The van der Waals surface area contributed by atoms with Crippen LogP contribution < -0.4 is 20.9 Å². The van der Waals surface area contributed by atoms with Crippen LogP contribution in [0, 0.1) is 5.92 Å². The standard InChI is InChI=1S/C11H18N4O3/c1-7(2)4-12-8(16)5-13-10-9(18-3)11(17)15-6-14-10/h6-7H,4-5H2,1-3H3,(H,12,16)(H2,13,14,15,17). The lowest BCUT2D eigenvalue weighted by Gasteiger charge is -2.10. The molecule has 3 N–H and O–H groups in total. The van der Waals surface area contributed by atoms with Crippen LogP contribution in [-0.4, -0.2) is 36.1 Å². The van der Waals surface area contributed by atoms with E-state index >= 15 is 0 Å². The number of carbonyl (C=O) groups excluding carboxylic acids is 1. The van der Waals surface area contributed by atoms with E-state index in [0.717, 1.165) is 0 Å². The summed E-state index contributed by atoms with van der Waals surface area (Å²) < 4.78 is 4.91. The Balaban J connectivity index is 2.56. The highest BCUT2D eigenvalue weighted by Gasteiger charge is 2.10. The van der Waals surface area contributed by atoms with Gasteiger partial charge in [-0.05, 0) is 5.92 Å². The van der Waals surface area contributed by atoms with Crippen LogP contribution in [-0.2, 0) is 4.79 Å². The number of nitrogens with one attached hydrogen (secondary N) is 3. The summed E-state index contributed by atoms with van der Waals surface area (Å²) in [6.07, 6.45) is 1.25.